The van der Waals surface area contributed by atoms with Crippen molar-refractivity contribution in [1.82, 2.24) is 5.32 Å². The molecule has 0 fully saturated rings. The fourth-order valence-corrected chi connectivity index (χ4v) is 4.38. The van der Waals surface area contributed by atoms with Gasteiger partial charge in [0.15, 0.2) is 0 Å². The van der Waals surface area contributed by atoms with Crippen LogP contribution >= 0.6 is 34.3 Å². The van der Waals surface area contributed by atoms with Gasteiger partial charge in [0.05, 0.1) is 10.6 Å². The third-order valence-corrected chi connectivity index (χ3v) is 5.65. The molecular formula is C16H16ClNOS2. The van der Waals surface area contributed by atoms with Crippen LogP contribution in [0.2, 0.25) is 4.34 Å². The van der Waals surface area contributed by atoms with E-state index in [4.69, 9.17) is 16.0 Å². The van der Waals surface area contributed by atoms with Gasteiger partial charge in [-0.1, -0.05) is 18.5 Å². The van der Waals surface area contributed by atoms with E-state index >= 15 is 0 Å². The molecule has 3 rings (SSSR count). The fraction of sp³-hybridized carbons (Fsp3) is 0.250. The molecule has 110 valence electrons. The predicted molar refractivity (Wildman–Crippen MR) is 90.4 cm³/mol. The van der Waals surface area contributed by atoms with Crippen molar-refractivity contribution in [3.8, 4) is 0 Å². The second-order valence-corrected chi connectivity index (χ2v) is 7.44. The molecule has 0 aliphatic rings. The summed E-state index contributed by atoms with van der Waals surface area (Å²) in [6.45, 7) is 3.02. The summed E-state index contributed by atoms with van der Waals surface area (Å²) in [4.78, 5) is 2.56. The lowest BCUT2D eigenvalue weighted by Crippen LogP contribution is -2.20. The smallest absolute Gasteiger partial charge is 0.126 e. The van der Waals surface area contributed by atoms with Gasteiger partial charge in [-0.2, -0.15) is 0 Å². The normalized spacial score (nSPS) is 12.7. The predicted octanol–water partition coefficient (Wildman–Crippen LogP) is 5.50. The number of furan rings is 1. The first-order valence-corrected chi connectivity index (χ1v) is 8.92. The van der Waals surface area contributed by atoms with E-state index in [9.17, 15) is 0 Å². The molecule has 5 heteroatoms. The average molecular weight is 338 g/mol. The van der Waals surface area contributed by atoms with Crippen LogP contribution in [0.4, 0.5) is 0 Å². The highest BCUT2D eigenvalue weighted by atomic mass is 35.5. The molecule has 0 aliphatic carbocycles. The highest BCUT2D eigenvalue weighted by Crippen LogP contribution is 2.32. The van der Waals surface area contributed by atoms with E-state index < -0.39 is 0 Å². The molecule has 1 N–H and O–H groups in total. The highest BCUT2D eigenvalue weighted by Gasteiger charge is 2.19. The minimum absolute atomic E-state index is 0.0457. The molecule has 1 unspecified atom stereocenters. The summed E-state index contributed by atoms with van der Waals surface area (Å²) in [6, 6.07) is 10.2. The average Bonchev–Trinajstić information content (AvgIpc) is 3.21. The molecule has 0 radical (unpaired) electrons. The fourth-order valence-electron chi connectivity index (χ4n) is 2.31. The first-order valence-electron chi connectivity index (χ1n) is 6.85. The first-order chi connectivity index (χ1) is 10.3. The minimum Gasteiger partial charge on any atom is -0.467 e. The van der Waals surface area contributed by atoms with Crippen LogP contribution in [-0.2, 0) is 13.0 Å². The molecule has 0 aliphatic heterocycles. The van der Waals surface area contributed by atoms with Crippen molar-refractivity contribution in [1.29, 1.82) is 0 Å². The highest BCUT2D eigenvalue weighted by molar-refractivity contribution is 7.16. The van der Waals surface area contributed by atoms with Gasteiger partial charge >= 0.3 is 0 Å². The zero-order chi connectivity index (χ0) is 14.7. The number of hydrogen-bond acceptors (Lipinski definition) is 4. The Balaban J connectivity index is 1.80. The number of thiophene rings is 2. The number of aryl methyl sites for hydroxylation is 1. The number of nitrogens with one attached hydrogen (secondary N) is 1. The van der Waals surface area contributed by atoms with E-state index in [-0.39, 0.29) is 6.04 Å². The summed E-state index contributed by atoms with van der Waals surface area (Å²) in [7, 11) is 0. The van der Waals surface area contributed by atoms with Crippen molar-refractivity contribution in [2.24, 2.45) is 0 Å². The Hall–Kier alpha value is -1.07. The number of hydrogen-bond donors (Lipinski definition) is 1. The molecule has 1 atom stereocenters. The molecule has 21 heavy (non-hydrogen) atoms. The molecule has 3 aromatic rings. The van der Waals surface area contributed by atoms with Crippen LogP contribution < -0.4 is 5.32 Å². The number of rotatable bonds is 6. The molecule has 0 aromatic carbocycles. The third-order valence-electron chi connectivity index (χ3n) is 3.39. The van der Waals surface area contributed by atoms with Gasteiger partial charge in [0.1, 0.15) is 11.8 Å². The largest absolute Gasteiger partial charge is 0.467 e. The minimum atomic E-state index is 0.0457. The summed E-state index contributed by atoms with van der Waals surface area (Å²) >= 11 is 9.46. The summed E-state index contributed by atoms with van der Waals surface area (Å²) in [5, 5.41) is 5.75. The van der Waals surface area contributed by atoms with Crippen molar-refractivity contribution in [3.63, 3.8) is 0 Å². The quantitative estimate of drug-likeness (QED) is 0.642. The van der Waals surface area contributed by atoms with Gasteiger partial charge in [-0.25, -0.2) is 0 Å². The monoisotopic (exact) mass is 337 g/mol. The molecule has 3 aromatic heterocycles. The second-order valence-electron chi connectivity index (χ2n) is 4.69. The lowest BCUT2D eigenvalue weighted by molar-refractivity contribution is 0.449. The maximum Gasteiger partial charge on any atom is 0.126 e. The van der Waals surface area contributed by atoms with Gasteiger partial charge in [-0.15, -0.1) is 22.7 Å². The van der Waals surface area contributed by atoms with Gasteiger partial charge in [0, 0.05) is 16.3 Å². The molecule has 0 spiro atoms. The van der Waals surface area contributed by atoms with Crippen LogP contribution in [0.25, 0.3) is 0 Å². The summed E-state index contributed by atoms with van der Waals surface area (Å²) < 4.78 is 6.39. The van der Waals surface area contributed by atoms with Gasteiger partial charge < -0.3 is 4.42 Å². The Morgan fingerprint density at radius 3 is 2.86 bits per heavy atom. The van der Waals surface area contributed by atoms with Crippen LogP contribution in [0.5, 0.6) is 0 Å². The summed E-state index contributed by atoms with van der Waals surface area (Å²) in [5.41, 5.74) is 1.41. The second kappa shape index (κ2) is 6.79. The van der Waals surface area contributed by atoms with Crippen molar-refractivity contribution in [2.45, 2.75) is 25.9 Å². The van der Waals surface area contributed by atoms with E-state index in [2.05, 4.69) is 29.8 Å². The van der Waals surface area contributed by atoms with E-state index in [1.807, 2.05) is 18.2 Å². The van der Waals surface area contributed by atoms with Gasteiger partial charge in [0.2, 0.25) is 0 Å². The van der Waals surface area contributed by atoms with Crippen molar-refractivity contribution >= 4 is 34.3 Å². The van der Waals surface area contributed by atoms with Crippen molar-refractivity contribution < 1.29 is 4.42 Å². The van der Waals surface area contributed by atoms with Gasteiger partial charge in [-0.05, 0) is 47.7 Å². The van der Waals surface area contributed by atoms with Gasteiger partial charge in [-0.3, -0.25) is 5.32 Å². The molecule has 0 amide bonds. The lowest BCUT2D eigenvalue weighted by atomic mass is 10.1. The maximum atomic E-state index is 6.08. The zero-order valence-corrected chi connectivity index (χ0v) is 14.0. The summed E-state index contributed by atoms with van der Waals surface area (Å²) in [5.74, 6) is 0.920. The van der Waals surface area contributed by atoms with Crippen LogP contribution in [-0.4, -0.2) is 0 Å². The van der Waals surface area contributed by atoms with Crippen molar-refractivity contribution in [3.05, 3.63) is 67.4 Å². The van der Waals surface area contributed by atoms with Crippen LogP contribution in [0.15, 0.2) is 46.4 Å². The zero-order valence-electron chi connectivity index (χ0n) is 11.6. The molecular weight excluding hydrogens is 322 g/mol. The Morgan fingerprint density at radius 1 is 1.29 bits per heavy atom. The first kappa shape index (κ1) is 14.9. The summed E-state index contributed by atoms with van der Waals surface area (Å²) in [6.07, 6.45) is 2.78. The van der Waals surface area contributed by atoms with E-state index in [1.54, 1.807) is 28.9 Å². The van der Waals surface area contributed by atoms with E-state index in [1.165, 1.54) is 15.3 Å². The number of halogens is 1. The maximum absolute atomic E-state index is 6.08. The van der Waals surface area contributed by atoms with E-state index in [0.29, 0.717) is 0 Å². The molecule has 0 bridgehead atoms. The Kier molecular flexibility index (Phi) is 4.80. The lowest BCUT2D eigenvalue weighted by Gasteiger charge is -2.15. The molecule has 2 nitrogen and oxygen atoms in total. The topological polar surface area (TPSA) is 25.2 Å². The van der Waals surface area contributed by atoms with Crippen molar-refractivity contribution in [2.75, 3.05) is 0 Å². The Bertz CT molecular complexity index is 687. The van der Waals surface area contributed by atoms with Crippen LogP contribution in [0.3, 0.4) is 0 Å². The van der Waals surface area contributed by atoms with Crippen LogP contribution in [0, 0.1) is 0 Å². The Morgan fingerprint density at radius 2 is 2.19 bits per heavy atom. The van der Waals surface area contributed by atoms with Gasteiger partial charge in [0.25, 0.3) is 0 Å². The standard InChI is InChI=1S/C16H16ClNOS2/c1-2-11-7-9-20-14(11)10-18-16(12-4-3-8-19-12)13-5-6-15(17)21-13/h3-9,16,18H,2,10H2,1H3. The SMILES string of the molecule is CCc1ccsc1CNC(c1ccco1)c1ccc(Cl)s1. The molecule has 0 saturated carbocycles. The Labute approximate surface area is 137 Å². The van der Waals surface area contributed by atoms with E-state index in [0.717, 1.165) is 23.1 Å². The molecule has 3 heterocycles. The van der Waals surface area contributed by atoms with Crippen LogP contribution in [0.1, 0.15) is 34.0 Å². The molecule has 0 saturated heterocycles. The third kappa shape index (κ3) is 3.40.